The molecule has 0 aromatic carbocycles. The van der Waals surface area contributed by atoms with E-state index in [4.69, 9.17) is 5.11 Å². The maximum Gasteiger partial charge on any atom is 0.0581 e. The van der Waals surface area contributed by atoms with Gasteiger partial charge in [-0.1, -0.05) is 103 Å². The number of hydroxylamine groups is 2. The van der Waals surface area contributed by atoms with Crippen molar-refractivity contribution in [2.24, 2.45) is 0 Å². The lowest BCUT2D eigenvalue weighted by molar-refractivity contribution is -0.0991. The molecule has 0 aliphatic rings. The molecule has 140 valence electrons. The summed E-state index contributed by atoms with van der Waals surface area (Å²) in [7, 11) is 0. The van der Waals surface area contributed by atoms with Gasteiger partial charge >= 0.3 is 0 Å². The number of nitrogens with zero attached hydrogens (tertiary/aromatic N) is 1. The molecule has 3 heteroatoms. The fourth-order valence-electron chi connectivity index (χ4n) is 3.07. The van der Waals surface area contributed by atoms with Crippen LogP contribution in [0.15, 0.2) is 0 Å². The number of unbranched alkanes of at least 4 members (excludes halogenated alkanes) is 15. The Morgan fingerprint density at radius 1 is 0.522 bits per heavy atom. The van der Waals surface area contributed by atoms with Gasteiger partial charge in [-0.3, -0.25) is 0 Å². The number of hydrogen-bond donors (Lipinski definition) is 2. The molecule has 3 nitrogen and oxygen atoms in total. The lowest BCUT2D eigenvalue weighted by Gasteiger charge is -2.12. The molecular formula is C20H43NO2. The van der Waals surface area contributed by atoms with Gasteiger partial charge in [0, 0.05) is 13.1 Å². The molecule has 0 atom stereocenters. The number of hydrogen-bond acceptors (Lipinski definition) is 3. The standard InChI is InChI=1S/C20H43NO2/c1-2-3-4-5-6-7-8-9-10-11-12-13-14-15-16-17-18-21(23)19-20-22/h22-23H,2-20H2,1H3. The van der Waals surface area contributed by atoms with E-state index in [9.17, 15) is 5.21 Å². The van der Waals surface area contributed by atoms with Gasteiger partial charge in [0.25, 0.3) is 0 Å². The van der Waals surface area contributed by atoms with E-state index in [1.165, 1.54) is 101 Å². The Kier molecular flexibility index (Phi) is 19.8. The summed E-state index contributed by atoms with van der Waals surface area (Å²) in [6, 6.07) is 0. The Bertz CT molecular complexity index is 212. The molecule has 0 rings (SSSR count). The molecule has 0 radical (unpaired) electrons. The largest absolute Gasteiger partial charge is 0.395 e. The van der Waals surface area contributed by atoms with Crippen molar-refractivity contribution in [1.29, 1.82) is 0 Å². The lowest BCUT2D eigenvalue weighted by Crippen LogP contribution is -2.23. The van der Waals surface area contributed by atoms with Crippen molar-refractivity contribution in [2.75, 3.05) is 19.7 Å². The lowest BCUT2D eigenvalue weighted by atomic mass is 10.0. The van der Waals surface area contributed by atoms with Crippen LogP contribution in [0.4, 0.5) is 0 Å². The topological polar surface area (TPSA) is 43.7 Å². The molecule has 0 unspecified atom stereocenters. The van der Waals surface area contributed by atoms with Crippen molar-refractivity contribution in [3.8, 4) is 0 Å². The summed E-state index contributed by atoms with van der Waals surface area (Å²) < 4.78 is 0. The van der Waals surface area contributed by atoms with Crippen LogP contribution in [0.25, 0.3) is 0 Å². The fraction of sp³-hybridized carbons (Fsp3) is 1.00. The van der Waals surface area contributed by atoms with Crippen molar-refractivity contribution in [2.45, 2.75) is 110 Å². The minimum Gasteiger partial charge on any atom is -0.395 e. The van der Waals surface area contributed by atoms with E-state index in [-0.39, 0.29) is 6.61 Å². The first-order valence-corrected chi connectivity index (χ1v) is 10.4. The number of aliphatic hydroxyl groups excluding tert-OH is 1. The second-order valence-corrected chi connectivity index (χ2v) is 6.98. The Balaban J connectivity index is 3.00. The van der Waals surface area contributed by atoms with Crippen LogP contribution in [0.5, 0.6) is 0 Å². The van der Waals surface area contributed by atoms with Gasteiger partial charge < -0.3 is 10.3 Å². The second-order valence-electron chi connectivity index (χ2n) is 6.98. The second kappa shape index (κ2) is 19.9. The predicted molar refractivity (Wildman–Crippen MR) is 100.0 cm³/mol. The van der Waals surface area contributed by atoms with E-state index in [0.29, 0.717) is 13.1 Å². The molecule has 0 aliphatic heterocycles. The first-order chi connectivity index (χ1) is 11.3. The van der Waals surface area contributed by atoms with Crippen LogP contribution in [0, 0.1) is 0 Å². The molecule has 0 fully saturated rings. The van der Waals surface area contributed by atoms with Gasteiger partial charge in [0.15, 0.2) is 0 Å². The Hall–Kier alpha value is -0.120. The molecule has 0 aromatic rings. The smallest absolute Gasteiger partial charge is 0.0581 e. The first-order valence-electron chi connectivity index (χ1n) is 10.4. The number of aliphatic hydroxyl groups is 1. The molecule has 0 spiro atoms. The first kappa shape index (κ1) is 22.9. The van der Waals surface area contributed by atoms with Gasteiger partial charge in [-0.25, -0.2) is 0 Å². The highest BCUT2D eigenvalue weighted by atomic mass is 16.5. The van der Waals surface area contributed by atoms with Crippen molar-refractivity contribution < 1.29 is 10.3 Å². The monoisotopic (exact) mass is 329 g/mol. The molecule has 2 N–H and O–H groups in total. The Labute approximate surface area is 145 Å². The minimum absolute atomic E-state index is 0.0371. The summed E-state index contributed by atoms with van der Waals surface area (Å²) >= 11 is 0. The molecular weight excluding hydrogens is 286 g/mol. The third-order valence-electron chi connectivity index (χ3n) is 4.63. The van der Waals surface area contributed by atoms with Crippen molar-refractivity contribution in [3.63, 3.8) is 0 Å². The molecule has 0 saturated heterocycles. The summed E-state index contributed by atoms with van der Waals surface area (Å²) in [5, 5.41) is 19.2. The zero-order valence-corrected chi connectivity index (χ0v) is 15.8. The van der Waals surface area contributed by atoms with Crippen LogP contribution in [0.3, 0.4) is 0 Å². The third kappa shape index (κ3) is 19.8. The van der Waals surface area contributed by atoms with E-state index in [1.54, 1.807) is 0 Å². The summed E-state index contributed by atoms with van der Waals surface area (Å²) in [5.41, 5.74) is 0. The van der Waals surface area contributed by atoms with Crippen LogP contribution < -0.4 is 0 Å². The molecule has 0 saturated carbocycles. The average Bonchev–Trinajstić information content (AvgIpc) is 2.54. The van der Waals surface area contributed by atoms with E-state index < -0.39 is 0 Å². The van der Waals surface area contributed by atoms with Crippen LogP contribution in [-0.4, -0.2) is 35.1 Å². The zero-order chi connectivity index (χ0) is 17.0. The van der Waals surface area contributed by atoms with Crippen molar-refractivity contribution in [3.05, 3.63) is 0 Å². The SMILES string of the molecule is CCCCCCCCCCCCCCCCCCN(O)CCO. The fourth-order valence-corrected chi connectivity index (χ4v) is 3.07. The molecule has 0 amide bonds. The number of rotatable bonds is 19. The molecule has 0 aromatic heterocycles. The van der Waals surface area contributed by atoms with E-state index >= 15 is 0 Å². The van der Waals surface area contributed by atoms with E-state index in [2.05, 4.69) is 6.92 Å². The van der Waals surface area contributed by atoms with Gasteiger partial charge in [0.2, 0.25) is 0 Å². The van der Waals surface area contributed by atoms with E-state index in [1.807, 2.05) is 0 Å². The summed E-state index contributed by atoms with van der Waals surface area (Å²) in [4.78, 5) is 0. The maximum absolute atomic E-state index is 9.34. The summed E-state index contributed by atoms with van der Waals surface area (Å²) in [6.07, 6.45) is 21.9. The molecule has 23 heavy (non-hydrogen) atoms. The van der Waals surface area contributed by atoms with Crippen LogP contribution >= 0.6 is 0 Å². The van der Waals surface area contributed by atoms with Gasteiger partial charge in [-0.05, 0) is 6.42 Å². The highest BCUT2D eigenvalue weighted by molar-refractivity contribution is 4.51. The van der Waals surface area contributed by atoms with Crippen LogP contribution in [-0.2, 0) is 0 Å². The van der Waals surface area contributed by atoms with Crippen LogP contribution in [0.1, 0.15) is 110 Å². The van der Waals surface area contributed by atoms with Crippen LogP contribution in [0.2, 0.25) is 0 Å². The quantitative estimate of drug-likeness (QED) is 0.228. The zero-order valence-electron chi connectivity index (χ0n) is 15.8. The third-order valence-corrected chi connectivity index (χ3v) is 4.63. The molecule has 0 aliphatic carbocycles. The molecule has 0 bridgehead atoms. The minimum atomic E-state index is 0.0371. The van der Waals surface area contributed by atoms with Gasteiger partial charge in [-0.2, -0.15) is 5.06 Å². The maximum atomic E-state index is 9.34. The highest BCUT2D eigenvalue weighted by Gasteiger charge is 1.98. The Morgan fingerprint density at radius 3 is 1.22 bits per heavy atom. The molecule has 0 heterocycles. The van der Waals surface area contributed by atoms with Crippen molar-refractivity contribution >= 4 is 0 Å². The Morgan fingerprint density at radius 2 is 0.870 bits per heavy atom. The van der Waals surface area contributed by atoms with Gasteiger partial charge in [0.05, 0.1) is 6.61 Å². The van der Waals surface area contributed by atoms with Gasteiger partial charge in [-0.15, -0.1) is 0 Å². The average molecular weight is 330 g/mol. The van der Waals surface area contributed by atoms with Crippen molar-refractivity contribution in [1.82, 2.24) is 5.06 Å². The predicted octanol–water partition coefficient (Wildman–Crippen LogP) is 5.93. The summed E-state index contributed by atoms with van der Waals surface area (Å²) in [6.45, 7) is 3.38. The summed E-state index contributed by atoms with van der Waals surface area (Å²) in [5.74, 6) is 0. The highest BCUT2D eigenvalue weighted by Crippen LogP contribution is 2.13. The normalized spacial score (nSPS) is 11.5. The van der Waals surface area contributed by atoms with Gasteiger partial charge in [0.1, 0.15) is 0 Å². The van der Waals surface area contributed by atoms with E-state index in [0.717, 1.165) is 6.42 Å².